The number of aryl methyl sites for hydroxylation is 1. The molecule has 1 heterocycles. The molecule has 0 aliphatic rings. The van der Waals surface area contributed by atoms with Gasteiger partial charge in [0.2, 0.25) is 0 Å². The Morgan fingerprint density at radius 3 is 2.69 bits per heavy atom. The zero-order chi connectivity index (χ0) is 9.90. The van der Waals surface area contributed by atoms with Gasteiger partial charge in [0, 0.05) is 5.38 Å². The van der Waals surface area contributed by atoms with Gasteiger partial charge in [-0.25, -0.2) is 4.98 Å². The minimum atomic E-state index is 0.223. The molecule has 0 radical (unpaired) electrons. The summed E-state index contributed by atoms with van der Waals surface area (Å²) in [7, 11) is 0. The number of rotatable bonds is 4. The van der Waals surface area contributed by atoms with Crippen molar-refractivity contribution in [1.29, 1.82) is 0 Å². The van der Waals surface area contributed by atoms with Crippen molar-refractivity contribution in [2.24, 2.45) is 11.1 Å². The molecule has 0 spiro atoms. The van der Waals surface area contributed by atoms with Crippen LogP contribution in [-0.2, 0) is 6.42 Å². The lowest BCUT2D eigenvalue weighted by Crippen LogP contribution is -2.28. The highest BCUT2D eigenvalue weighted by atomic mass is 32.1. The molecule has 74 valence electrons. The molecular weight excluding hydrogens is 180 g/mol. The van der Waals surface area contributed by atoms with Crippen molar-refractivity contribution >= 4 is 11.3 Å². The van der Waals surface area contributed by atoms with E-state index >= 15 is 0 Å². The third-order valence-electron chi connectivity index (χ3n) is 2.62. The van der Waals surface area contributed by atoms with Crippen molar-refractivity contribution in [2.75, 3.05) is 6.54 Å². The van der Waals surface area contributed by atoms with Crippen LogP contribution in [0.3, 0.4) is 0 Å². The Balaban J connectivity index is 2.67. The first-order valence-electron chi connectivity index (χ1n) is 4.71. The SMILES string of the molecule is CCC(C)(CN)Cc1csc(C)n1. The average molecular weight is 198 g/mol. The van der Waals surface area contributed by atoms with Gasteiger partial charge in [0.15, 0.2) is 0 Å². The Morgan fingerprint density at radius 2 is 2.31 bits per heavy atom. The molecule has 0 aromatic carbocycles. The smallest absolute Gasteiger partial charge is 0.0897 e. The number of nitrogens with zero attached hydrogens (tertiary/aromatic N) is 1. The summed E-state index contributed by atoms with van der Waals surface area (Å²) >= 11 is 1.71. The second-order valence-electron chi connectivity index (χ2n) is 3.90. The minimum absolute atomic E-state index is 0.223. The molecule has 3 heteroatoms. The number of thiazole rings is 1. The lowest BCUT2D eigenvalue weighted by Gasteiger charge is -2.25. The quantitative estimate of drug-likeness (QED) is 0.806. The fraction of sp³-hybridized carbons (Fsp3) is 0.700. The van der Waals surface area contributed by atoms with Crippen LogP contribution in [-0.4, -0.2) is 11.5 Å². The molecule has 1 aromatic rings. The third kappa shape index (κ3) is 2.78. The summed E-state index contributed by atoms with van der Waals surface area (Å²) in [4.78, 5) is 4.45. The van der Waals surface area contributed by atoms with E-state index in [2.05, 4.69) is 24.2 Å². The molecule has 1 unspecified atom stereocenters. The van der Waals surface area contributed by atoms with Gasteiger partial charge in [0.25, 0.3) is 0 Å². The molecule has 0 bridgehead atoms. The van der Waals surface area contributed by atoms with Gasteiger partial charge in [-0.15, -0.1) is 11.3 Å². The first-order chi connectivity index (χ1) is 6.09. The van der Waals surface area contributed by atoms with E-state index in [0.29, 0.717) is 0 Å². The molecule has 1 atom stereocenters. The van der Waals surface area contributed by atoms with Crippen LogP contribution in [0.1, 0.15) is 31.0 Å². The summed E-state index contributed by atoms with van der Waals surface area (Å²) in [6, 6.07) is 0. The molecular formula is C10H18N2S. The van der Waals surface area contributed by atoms with E-state index in [4.69, 9.17) is 5.73 Å². The number of hydrogen-bond donors (Lipinski definition) is 1. The highest BCUT2D eigenvalue weighted by Crippen LogP contribution is 2.25. The zero-order valence-corrected chi connectivity index (χ0v) is 9.45. The summed E-state index contributed by atoms with van der Waals surface area (Å²) in [5, 5.41) is 3.28. The van der Waals surface area contributed by atoms with Crippen LogP contribution in [0.2, 0.25) is 0 Å². The van der Waals surface area contributed by atoms with E-state index in [1.165, 1.54) is 5.69 Å². The monoisotopic (exact) mass is 198 g/mol. The van der Waals surface area contributed by atoms with Crippen LogP contribution in [0, 0.1) is 12.3 Å². The zero-order valence-electron chi connectivity index (χ0n) is 8.63. The van der Waals surface area contributed by atoms with Gasteiger partial charge < -0.3 is 5.73 Å². The van der Waals surface area contributed by atoms with Crippen molar-refractivity contribution < 1.29 is 0 Å². The molecule has 1 rings (SSSR count). The molecule has 0 aliphatic carbocycles. The van der Waals surface area contributed by atoms with Gasteiger partial charge in [-0.1, -0.05) is 13.8 Å². The molecule has 2 N–H and O–H groups in total. The third-order valence-corrected chi connectivity index (χ3v) is 3.44. The van der Waals surface area contributed by atoms with E-state index < -0.39 is 0 Å². The maximum Gasteiger partial charge on any atom is 0.0897 e. The number of hydrogen-bond acceptors (Lipinski definition) is 3. The second kappa shape index (κ2) is 4.20. The Labute approximate surface area is 84.2 Å². The summed E-state index contributed by atoms with van der Waals surface area (Å²) in [5.74, 6) is 0. The molecule has 0 saturated carbocycles. The molecule has 0 fully saturated rings. The first-order valence-corrected chi connectivity index (χ1v) is 5.58. The van der Waals surface area contributed by atoms with Gasteiger partial charge >= 0.3 is 0 Å². The van der Waals surface area contributed by atoms with E-state index in [0.717, 1.165) is 24.4 Å². The standard InChI is InChI=1S/C10H18N2S/c1-4-10(3,7-11)5-9-6-13-8(2)12-9/h6H,4-5,7,11H2,1-3H3. The van der Waals surface area contributed by atoms with Crippen molar-refractivity contribution in [2.45, 2.75) is 33.6 Å². The van der Waals surface area contributed by atoms with Crippen LogP contribution in [0.4, 0.5) is 0 Å². The predicted molar refractivity (Wildman–Crippen MR) is 58.0 cm³/mol. The van der Waals surface area contributed by atoms with Crippen LogP contribution in [0.25, 0.3) is 0 Å². The summed E-state index contributed by atoms with van der Waals surface area (Å²) in [6.07, 6.45) is 2.12. The lowest BCUT2D eigenvalue weighted by molar-refractivity contribution is 0.318. The van der Waals surface area contributed by atoms with Crippen molar-refractivity contribution in [3.05, 3.63) is 16.1 Å². The van der Waals surface area contributed by atoms with Gasteiger partial charge in [0.1, 0.15) is 0 Å². The Kier molecular flexibility index (Phi) is 3.45. The first kappa shape index (κ1) is 10.7. The summed E-state index contributed by atoms with van der Waals surface area (Å²) in [5.41, 5.74) is 7.16. The highest BCUT2D eigenvalue weighted by molar-refractivity contribution is 7.09. The fourth-order valence-corrected chi connectivity index (χ4v) is 1.88. The van der Waals surface area contributed by atoms with Crippen LogP contribution in [0.15, 0.2) is 5.38 Å². The van der Waals surface area contributed by atoms with Crippen LogP contribution >= 0.6 is 11.3 Å². The van der Waals surface area contributed by atoms with Crippen molar-refractivity contribution in [3.63, 3.8) is 0 Å². The topological polar surface area (TPSA) is 38.9 Å². The molecule has 0 aliphatic heterocycles. The second-order valence-corrected chi connectivity index (χ2v) is 4.97. The Morgan fingerprint density at radius 1 is 1.62 bits per heavy atom. The average Bonchev–Trinajstić information content (AvgIpc) is 2.51. The number of nitrogens with two attached hydrogens (primary N) is 1. The summed E-state index contributed by atoms with van der Waals surface area (Å²) in [6.45, 7) is 7.19. The highest BCUT2D eigenvalue weighted by Gasteiger charge is 2.21. The van der Waals surface area contributed by atoms with E-state index in [1.54, 1.807) is 11.3 Å². The minimum Gasteiger partial charge on any atom is -0.330 e. The maximum absolute atomic E-state index is 5.75. The molecule has 2 nitrogen and oxygen atoms in total. The summed E-state index contributed by atoms with van der Waals surface area (Å²) < 4.78 is 0. The van der Waals surface area contributed by atoms with Gasteiger partial charge in [-0.3, -0.25) is 0 Å². The van der Waals surface area contributed by atoms with Crippen LogP contribution in [0.5, 0.6) is 0 Å². The molecule has 13 heavy (non-hydrogen) atoms. The lowest BCUT2D eigenvalue weighted by atomic mass is 9.83. The van der Waals surface area contributed by atoms with Gasteiger partial charge in [-0.05, 0) is 31.7 Å². The van der Waals surface area contributed by atoms with Crippen molar-refractivity contribution in [1.82, 2.24) is 4.98 Å². The Hall–Kier alpha value is -0.410. The maximum atomic E-state index is 5.75. The van der Waals surface area contributed by atoms with Crippen LogP contribution < -0.4 is 5.73 Å². The van der Waals surface area contributed by atoms with E-state index in [1.807, 2.05) is 6.92 Å². The predicted octanol–water partition coefficient (Wildman–Crippen LogP) is 2.37. The fourth-order valence-electron chi connectivity index (χ4n) is 1.27. The Bertz CT molecular complexity index is 264. The van der Waals surface area contributed by atoms with E-state index in [-0.39, 0.29) is 5.41 Å². The normalized spacial score (nSPS) is 15.7. The molecule has 1 aromatic heterocycles. The van der Waals surface area contributed by atoms with Crippen molar-refractivity contribution in [3.8, 4) is 0 Å². The molecule has 0 saturated heterocycles. The molecule has 0 amide bonds. The van der Waals surface area contributed by atoms with Gasteiger partial charge in [-0.2, -0.15) is 0 Å². The largest absolute Gasteiger partial charge is 0.330 e. The van der Waals surface area contributed by atoms with E-state index in [9.17, 15) is 0 Å². The number of aromatic nitrogens is 1. The van der Waals surface area contributed by atoms with Gasteiger partial charge in [0.05, 0.1) is 10.7 Å².